The first kappa shape index (κ1) is 14.0. The van der Waals surface area contributed by atoms with Crippen molar-refractivity contribution in [2.24, 2.45) is 0 Å². The fourth-order valence-electron chi connectivity index (χ4n) is 3.51. The van der Waals surface area contributed by atoms with Crippen molar-refractivity contribution < 1.29 is 0 Å². The molecule has 0 spiro atoms. The van der Waals surface area contributed by atoms with Crippen molar-refractivity contribution in [3.05, 3.63) is 107 Å². The molecule has 2 aromatic rings. The van der Waals surface area contributed by atoms with E-state index in [1.165, 1.54) is 33.4 Å². The van der Waals surface area contributed by atoms with Crippen molar-refractivity contribution in [1.82, 2.24) is 0 Å². The Morgan fingerprint density at radius 1 is 0.826 bits per heavy atom. The molecule has 0 N–H and O–H groups in total. The van der Waals surface area contributed by atoms with Gasteiger partial charge in [0.15, 0.2) is 0 Å². The zero-order valence-corrected chi connectivity index (χ0v) is 13.4. The number of allylic oxidation sites excluding steroid dienone is 8. The van der Waals surface area contributed by atoms with Crippen LogP contribution in [0.4, 0.5) is 0 Å². The highest BCUT2D eigenvalue weighted by Gasteiger charge is 2.22. The average Bonchev–Trinajstić information content (AvgIpc) is 2.85. The van der Waals surface area contributed by atoms with Crippen LogP contribution in [0.2, 0.25) is 0 Å². The van der Waals surface area contributed by atoms with E-state index in [1.807, 2.05) is 0 Å². The first-order chi connectivity index (χ1) is 11.3. The SMILES string of the molecule is CC1=CC2=CC=CCC(c3ccc(-c4ccccc4)cc3)C2=C1. The Kier molecular flexibility index (Phi) is 3.59. The third kappa shape index (κ3) is 2.73. The highest BCUT2D eigenvalue weighted by atomic mass is 14.3. The summed E-state index contributed by atoms with van der Waals surface area (Å²) in [6.07, 6.45) is 12.4. The molecule has 4 rings (SSSR count). The maximum Gasteiger partial charge on any atom is 0.0130 e. The van der Waals surface area contributed by atoms with E-state index in [0.29, 0.717) is 5.92 Å². The largest absolute Gasteiger partial charge is 0.0836 e. The Bertz CT molecular complexity index is 827. The lowest BCUT2D eigenvalue weighted by Crippen LogP contribution is -2.01. The summed E-state index contributed by atoms with van der Waals surface area (Å²) in [5, 5.41) is 0. The van der Waals surface area contributed by atoms with Crippen molar-refractivity contribution in [3.8, 4) is 11.1 Å². The molecule has 0 amide bonds. The van der Waals surface area contributed by atoms with E-state index in [1.54, 1.807) is 0 Å². The van der Waals surface area contributed by atoms with E-state index < -0.39 is 0 Å². The summed E-state index contributed by atoms with van der Waals surface area (Å²) in [6, 6.07) is 19.6. The standard InChI is InChI=1S/C23H20/c1-17-15-21-9-5-6-10-22(23(21)16-17)20-13-11-19(12-14-20)18-7-3-2-4-8-18/h2-9,11-16,22H,10H2,1H3. The average molecular weight is 296 g/mol. The molecule has 0 saturated heterocycles. The van der Waals surface area contributed by atoms with Gasteiger partial charge in [0, 0.05) is 5.92 Å². The van der Waals surface area contributed by atoms with E-state index in [0.717, 1.165) is 6.42 Å². The monoisotopic (exact) mass is 296 g/mol. The number of hydrogen-bond donors (Lipinski definition) is 0. The van der Waals surface area contributed by atoms with Gasteiger partial charge in [-0.3, -0.25) is 0 Å². The van der Waals surface area contributed by atoms with Crippen LogP contribution in [0.3, 0.4) is 0 Å². The first-order valence-corrected chi connectivity index (χ1v) is 8.24. The van der Waals surface area contributed by atoms with Crippen LogP contribution in [-0.2, 0) is 0 Å². The lowest BCUT2D eigenvalue weighted by Gasteiger charge is -2.18. The maximum absolute atomic E-state index is 2.34. The molecule has 0 bridgehead atoms. The molecule has 0 aliphatic heterocycles. The Morgan fingerprint density at radius 3 is 2.35 bits per heavy atom. The van der Waals surface area contributed by atoms with Crippen LogP contribution in [0.25, 0.3) is 11.1 Å². The molecule has 2 aromatic carbocycles. The first-order valence-electron chi connectivity index (χ1n) is 8.24. The highest BCUT2D eigenvalue weighted by molar-refractivity contribution is 5.64. The highest BCUT2D eigenvalue weighted by Crippen LogP contribution is 2.39. The Balaban J connectivity index is 1.67. The van der Waals surface area contributed by atoms with Crippen molar-refractivity contribution in [3.63, 3.8) is 0 Å². The molecule has 1 atom stereocenters. The van der Waals surface area contributed by atoms with E-state index in [9.17, 15) is 0 Å². The molecule has 2 aliphatic carbocycles. The number of fused-ring (bicyclic) bond motifs is 1. The predicted molar refractivity (Wildman–Crippen MR) is 98.3 cm³/mol. The summed E-state index contributed by atoms with van der Waals surface area (Å²) >= 11 is 0. The van der Waals surface area contributed by atoms with Crippen LogP contribution in [-0.4, -0.2) is 0 Å². The second-order valence-corrected chi connectivity index (χ2v) is 6.31. The summed E-state index contributed by atoms with van der Waals surface area (Å²) in [6.45, 7) is 2.18. The molecule has 0 radical (unpaired) electrons. The lowest BCUT2D eigenvalue weighted by molar-refractivity contribution is 0.828. The second kappa shape index (κ2) is 5.89. The molecule has 23 heavy (non-hydrogen) atoms. The van der Waals surface area contributed by atoms with E-state index >= 15 is 0 Å². The van der Waals surface area contributed by atoms with Gasteiger partial charge in [0.25, 0.3) is 0 Å². The predicted octanol–water partition coefficient (Wildman–Crippen LogP) is 6.21. The summed E-state index contributed by atoms with van der Waals surface area (Å²) in [4.78, 5) is 0. The minimum absolute atomic E-state index is 0.457. The van der Waals surface area contributed by atoms with Crippen LogP contribution >= 0.6 is 0 Å². The van der Waals surface area contributed by atoms with Gasteiger partial charge in [0.1, 0.15) is 0 Å². The quantitative estimate of drug-likeness (QED) is 0.618. The topological polar surface area (TPSA) is 0 Å². The molecule has 0 nitrogen and oxygen atoms in total. The molecule has 0 heterocycles. The summed E-state index contributed by atoms with van der Waals surface area (Å²) in [5.74, 6) is 0.457. The van der Waals surface area contributed by atoms with Gasteiger partial charge in [-0.1, -0.05) is 90.6 Å². The van der Waals surface area contributed by atoms with Crippen LogP contribution in [0.5, 0.6) is 0 Å². The van der Waals surface area contributed by atoms with Crippen LogP contribution < -0.4 is 0 Å². The lowest BCUT2D eigenvalue weighted by atomic mass is 9.86. The van der Waals surface area contributed by atoms with E-state index in [2.05, 4.69) is 91.9 Å². The molecule has 0 fully saturated rings. The third-order valence-corrected chi connectivity index (χ3v) is 4.68. The molecular formula is C23H20. The van der Waals surface area contributed by atoms with E-state index in [4.69, 9.17) is 0 Å². The van der Waals surface area contributed by atoms with Crippen molar-refractivity contribution in [1.29, 1.82) is 0 Å². The fraction of sp³-hybridized carbons (Fsp3) is 0.130. The molecule has 112 valence electrons. The number of benzene rings is 2. The summed E-state index contributed by atoms with van der Waals surface area (Å²) in [5.41, 5.74) is 8.14. The van der Waals surface area contributed by atoms with Gasteiger partial charge >= 0.3 is 0 Å². The van der Waals surface area contributed by atoms with Crippen molar-refractivity contribution in [2.75, 3.05) is 0 Å². The normalized spacial score (nSPS) is 19.5. The van der Waals surface area contributed by atoms with Gasteiger partial charge in [-0.15, -0.1) is 0 Å². The summed E-state index contributed by atoms with van der Waals surface area (Å²) < 4.78 is 0. The van der Waals surface area contributed by atoms with Crippen molar-refractivity contribution in [2.45, 2.75) is 19.3 Å². The molecule has 1 unspecified atom stereocenters. The van der Waals surface area contributed by atoms with Crippen molar-refractivity contribution >= 4 is 0 Å². The minimum Gasteiger partial charge on any atom is -0.0836 e. The fourth-order valence-corrected chi connectivity index (χ4v) is 3.51. The van der Waals surface area contributed by atoms with Gasteiger partial charge in [-0.05, 0) is 41.2 Å². The zero-order valence-electron chi connectivity index (χ0n) is 13.4. The van der Waals surface area contributed by atoms with Gasteiger partial charge in [0.2, 0.25) is 0 Å². The van der Waals surface area contributed by atoms with Crippen LogP contribution in [0, 0.1) is 0 Å². The Morgan fingerprint density at radius 2 is 1.57 bits per heavy atom. The van der Waals surface area contributed by atoms with Crippen LogP contribution in [0.1, 0.15) is 24.8 Å². The molecular weight excluding hydrogens is 276 g/mol. The molecule has 0 heteroatoms. The molecule has 0 saturated carbocycles. The minimum atomic E-state index is 0.457. The van der Waals surface area contributed by atoms with E-state index in [-0.39, 0.29) is 0 Å². The smallest absolute Gasteiger partial charge is 0.0130 e. The van der Waals surface area contributed by atoms with Gasteiger partial charge < -0.3 is 0 Å². The maximum atomic E-state index is 2.34. The van der Waals surface area contributed by atoms with Crippen LogP contribution in [0.15, 0.2) is 102 Å². The Labute approximate surface area is 138 Å². The van der Waals surface area contributed by atoms with Gasteiger partial charge in [0.05, 0.1) is 0 Å². The van der Waals surface area contributed by atoms with Gasteiger partial charge in [-0.2, -0.15) is 0 Å². The second-order valence-electron chi connectivity index (χ2n) is 6.31. The third-order valence-electron chi connectivity index (χ3n) is 4.68. The Hall–Kier alpha value is -2.60. The molecule has 0 aromatic heterocycles. The summed E-state index contributed by atoms with van der Waals surface area (Å²) in [7, 11) is 0. The van der Waals surface area contributed by atoms with Gasteiger partial charge in [-0.25, -0.2) is 0 Å². The number of hydrogen-bond acceptors (Lipinski definition) is 0. The number of rotatable bonds is 2. The zero-order chi connectivity index (χ0) is 15.6. The molecule has 2 aliphatic rings.